The molecular formula is C8H16N6O2. The Balaban J connectivity index is 3.95. The van der Waals surface area contributed by atoms with E-state index in [4.69, 9.17) is 11.5 Å². The summed E-state index contributed by atoms with van der Waals surface area (Å²) in [5.74, 6) is 0. The standard InChI is InChI=1S/C8H16N6O2/c1-5(11-13-7(9)15)3-4-6(2)12-14-8(10)16/h3-4H2,1-2H3,(H3,9,13,15)(H3,10,14,16). The maximum Gasteiger partial charge on any atom is 0.332 e. The number of hydrogen-bond acceptors (Lipinski definition) is 4. The fraction of sp³-hybridized carbons (Fsp3) is 0.500. The molecule has 8 nitrogen and oxygen atoms in total. The van der Waals surface area contributed by atoms with Gasteiger partial charge in [-0.05, 0) is 26.7 Å². The molecule has 0 aromatic carbocycles. The summed E-state index contributed by atoms with van der Waals surface area (Å²) in [6.07, 6.45) is 1.19. The molecule has 0 spiro atoms. The lowest BCUT2D eigenvalue weighted by Gasteiger charge is -2.01. The van der Waals surface area contributed by atoms with Crippen molar-refractivity contribution < 1.29 is 9.59 Å². The van der Waals surface area contributed by atoms with E-state index in [-0.39, 0.29) is 0 Å². The molecule has 0 saturated heterocycles. The third-order valence-electron chi connectivity index (χ3n) is 1.56. The summed E-state index contributed by atoms with van der Waals surface area (Å²) in [4.78, 5) is 20.7. The number of carbonyl (C=O) groups is 2. The Morgan fingerprint density at radius 2 is 1.25 bits per heavy atom. The second-order valence-electron chi connectivity index (χ2n) is 3.15. The number of amides is 4. The second-order valence-corrected chi connectivity index (χ2v) is 3.15. The van der Waals surface area contributed by atoms with Gasteiger partial charge in [0.15, 0.2) is 0 Å². The first-order valence-electron chi connectivity index (χ1n) is 4.59. The van der Waals surface area contributed by atoms with Gasteiger partial charge in [0.25, 0.3) is 0 Å². The summed E-state index contributed by atoms with van der Waals surface area (Å²) in [7, 11) is 0. The zero-order valence-electron chi connectivity index (χ0n) is 9.28. The Hall–Kier alpha value is -2.12. The van der Waals surface area contributed by atoms with Gasteiger partial charge in [0.05, 0.1) is 0 Å². The van der Waals surface area contributed by atoms with Crippen molar-refractivity contribution in [1.29, 1.82) is 0 Å². The lowest BCUT2D eigenvalue weighted by Crippen LogP contribution is -2.26. The zero-order chi connectivity index (χ0) is 12.6. The molecule has 0 fully saturated rings. The van der Waals surface area contributed by atoms with Gasteiger partial charge in [0.2, 0.25) is 0 Å². The normalized spacial score (nSPS) is 12.1. The minimum atomic E-state index is -0.708. The predicted molar refractivity (Wildman–Crippen MR) is 60.9 cm³/mol. The molecule has 8 heteroatoms. The van der Waals surface area contributed by atoms with Crippen molar-refractivity contribution in [2.45, 2.75) is 26.7 Å². The third kappa shape index (κ3) is 8.48. The van der Waals surface area contributed by atoms with Crippen LogP contribution in [0.2, 0.25) is 0 Å². The van der Waals surface area contributed by atoms with E-state index < -0.39 is 12.1 Å². The van der Waals surface area contributed by atoms with Crippen LogP contribution in [0.4, 0.5) is 9.59 Å². The SMILES string of the molecule is CC(CCC(C)=NNC(N)=O)=NNC(N)=O. The first-order valence-corrected chi connectivity index (χ1v) is 4.59. The Morgan fingerprint density at radius 1 is 0.938 bits per heavy atom. The van der Waals surface area contributed by atoms with E-state index in [9.17, 15) is 9.59 Å². The van der Waals surface area contributed by atoms with Crippen molar-refractivity contribution in [3.8, 4) is 0 Å². The molecule has 0 bridgehead atoms. The largest absolute Gasteiger partial charge is 0.350 e. The average Bonchev–Trinajstić information content (AvgIpc) is 2.20. The van der Waals surface area contributed by atoms with Crippen LogP contribution in [0.5, 0.6) is 0 Å². The van der Waals surface area contributed by atoms with Crippen LogP contribution in [0, 0.1) is 0 Å². The molecule has 0 aromatic heterocycles. The molecule has 16 heavy (non-hydrogen) atoms. The van der Waals surface area contributed by atoms with E-state index in [1.54, 1.807) is 13.8 Å². The number of urea groups is 2. The lowest BCUT2D eigenvalue weighted by atomic mass is 10.2. The molecule has 0 aliphatic carbocycles. The van der Waals surface area contributed by atoms with Crippen LogP contribution in [0.3, 0.4) is 0 Å². The maximum absolute atomic E-state index is 10.3. The van der Waals surface area contributed by atoms with E-state index in [2.05, 4.69) is 21.1 Å². The quantitative estimate of drug-likeness (QED) is 0.384. The Labute approximate surface area is 93.1 Å². The zero-order valence-corrected chi connectivity index (χ0v) is 9.28. The number of nitrogens with two attached hydrogens (primary N) is 2. The van der Waals surface area contributed by atoms with Crippen LogP contribution in [0.1, 0.15) is 26.7 Å². The van der Waals surface area contributed by atoms with Gasteiger partial charge in [-0.1, -0.05) is 0 Å². The summed E-state index contributed by atoms with van der Waals surface area (Å²) >= 11 is 0. The number of nitrogens with one attached hydrogen (secondary N) is 2. The molecule has 6 N–H and O–H groups in total. The van der Waals surface area contributed by atoms with Gasteiger partial charge in [-0.15, -0.1) is 0 Å². The van der Waals surface area contributed by atoms with Crippen molar-refractivity contribution in [2.24, 2.45) is 21.7 Å². The van der Waals surface area contributed by atoms with Gasteiger partial charge in [-0.2, -0.15) is 10.2 Å². The molecule has 0 aliphatic rings. The van der Waals surface area contributed by atoms with Crippen LogP contribution >= 0.6 is 0 Å². The summed E-state index contributed by atoms with van der Waals surface area (Å²) in [5, 5.41) is 7.43. The van der Waals surface area contributed by atoms with Gasteiger partial charge in [-0.25, -0.2) is 20.4 Å². The molecule has 0 radical (unpaired) electrons. The monoisotopic (exact) mass is 228 g/mol. The number of carbonyl (C=O) groups excluding carboxylic acids is 2. The van der Waals surface area contributed by atoms with E-state index in [1.807, 2.05) is 0 Å². The molecule has 0 aliphatic heterocycles. The second kappa shape index (κ2) is 7.21. The van der Waals surface area contributed by atoms with Crippen molar-refractivity contribution in [1.82, 2.24) is 10.9 Å². The van der Waals surface area contributed by atoms with E-state index in [1.165, 1.54) is 0 Å². The highest BCUT2D eigenvalue weighted by Crippen LogP contribution is 1.94. The summed E-state index contributed by atoms with van der Waals surface area (Å²) in [6, 6.07) is -1.42. The fourth-order valence-corrected chi connectivity index (χ4v) is 0.775. The highest BCUT2D eigenvalue weighted by molar-refractivity contribution is 5.90. The Bertz CT molecular complexity index is 290. The number of nitrogens with zero attached hydrogens (tertiary/aromatic N) is 2. The first kappa shape index (κ1) is 13.9. The molecule has 0 atom stereocenters. The fourth-order valence-electron chi connectivity index (χ4n) is 0.775. The molecule has 0 rings (SSSR count). The number of hydrazone groups is 2. The Morgan fingerprint density at radius 3 is 1.50 bits per heavy atom. The van der Waals surface area contributed by atoms with E-state index >= 15 is 0 Å². The average molecular weight is 228 g/mol. The van der Waals surface area contributed by atoms with Crippen molar-refractivity contribution in [3.63, 3.8) is 0 Å². The summed E-state index contributed by atoms with van der Waals surface area (Å²) in [6.45, 7) is 3.48. The minimum absolute atomic E-state index is 0.593. The van der Waals surface area contributed by atoms with Gasteiger partial charge in [-0.3, -0.25) is 0 Å². The van der Waals surface area contributed by atoms with Crippen LogP contribution in [-0.4, -0.2) is 23.5 Å². The molecule has 4 amide bonds. The van der Waals surface area contributed by atoms with Crippen molar-refractivity contribution >= 4 is 23.5 Å². The molecular weight excluding hydrogens is 212 g/mol. The summed E-state index contributed by atoms with van der Waals surface area (Å²) in [5.41, 5.74) is 15.3. The van der Waals surface area contributed by atoms with Crippen LogP contribution < -0.4 is 22.3 Å². The summed E-state index contributed by atoms with van der Waals surface area (Å²) < 4.78 is 0. The highest BCUT2D eigenvalue weighted by atomic mass is 16.2. The van der Waals surface area contributed by atoms with Crippen LogP contribution in [0.15, 0.2) is 10.2 Å². The molecule has 0 unspecified atom stereocenters. The van der Waals surface area contributed by atoms with Crippen molar-refractivity contribution in [2.75, 3.05) is 0 Å². The van der Waals surface area contributed by atoms with Gasteiger partial charge < -0.3 is 11.5 Å². The number of hydrogen-bond donors (Lipinski definition) is 4. The van der Waals surface area contributed by atoms with Crippen LogP contribution in [0.25, 0.3) is 0 Å². The van der Waals surface area contributed by atoms with Gasteiger partial charge in [0.1, 0.15) is 0 Å². The van der Waals surface area contributed by atoms with Gasteiger partial charge >= 0.3 is 12.1 Å². The highest BCUT2D eigenvalue weighted by Gasteiger charge is 1.97. The number of rotatable bonds is 5. The first-order chi connectivity index (χ1) is 7.41. The molecule has 0 saturated carbocycles. The molecule has 0 aromatic rings. The van der Waals surface area contributed by atoms with Crippen molar-refractivity contribution in [3.05, 3.63) is 0 Å². The maximum atomic E-state index is 10.3. The number of primary amides is 2. The lowest BCUT2D eigenvalue weighted by molar-refractivity contribution is 0.248. The minimum Gasteiger partial charge on any atom is -0.350 e. The smallest absolute Gasteiger partial charge is 0.332 e. The predicted octanol–water partition coefficient (Wildman–Crippen LogP) is -0.145. The van der Waals surface area contributed by atoms with E-state index in [0.29, 0.717) is 24.3 Å². The molecule has 90 valence electrons. The van der Waals surface area contributed by atoms with E-state index in [0.717, 1.165) is 0 Å². The Kier molecular flexibility index (Phi) is 6.25. The topological polar surface area (TPSA) is 135 Å². The van der Waals surface area contributed by atoms with Crippen LogP contribution in [-0.2, 0) is 0 Å². The third-order valence-corrected chi connectivity index (χ3v) is 1.56. The van der Waals surface area contributed by atoms with Gasteiger partial charge in [0, 0.05) is 11.4 Å². The molecule has 0 heterocycles.